The zero-order valence-corrected chi connectivity index (χ0v) is 17.9. The van der Waals surface area contributed by atoms with Gasteiger partial charge < -0.3 is 9.80 Å². The lowest BCUT2D eigenvalue weighted by atomic mass is 9.97. The Morgan fingerprint density at radius 3 is 2.55 bits per heavy atom. The van der Waals surface area contributed by atoms with Crippen LogP contribution in [0.25, 0.3) is 0 Å². The standard InChI is InChI=1S/C24H32N4O/c1-16-6-5-7-21(12-16)28-11-10-27(15-19(28)4)24(29)23-14-22(25-26-23)20-9-8-17(2)18(3)13-20/h5-9,12-13,19,22-23,25-26H,10-11,14-15H2,1-4H3. The van der Waals surface area contributed by atoms with E-state index in [1.54, 1.807) is 0 Å². The molecule has 0 radical (unpaired) electrons. The molecule has 3 unspecified atom stereocenters. The van der Waals surface area contributed by atoms with Crippen molar-refractivity contribution in [1.29, 1.82) is 0 Å². The molecule has 5 nitrogen and oxygen atoms in total. The number of aryl methyl sites for hydroxylation is 3. The number of hydrogen-bond donors (Lipinski definition) is 2. The van der Waals surface area contributed by atoms with Crippen molar-refractivity contribution >= 4 is 11.6 Å². The number of hydrazine groups is 1. The van der Waals surface area contributed by atoms with Crippen molar-refractivity contribution in [2.24, 2.45) is 0 Å². The number of benzene rings is 2. The maximum atomic E-state index is 13.1. The number of nitrogens with one attached hydrogen (secondary N) is 2. The number of hydrogen-bond acceptors (Lipinski definition) is 4. The minimum Gasteiger partial charge on any atom is -0.365 e. The third-order valence-corrected chi connectivity index (χ3v) is 6.41. The van der Waals surface area contributed by atoms with Crippen LogP contribution in [0.1, 0.15) is 41.6 Å². The molecule has 2 aliphatic rings. The molecular weight excluding hydrogens is 360 g/mol. The highest BCUT2D eigenvalue weighted by Crippen LogP contribution is 2.26. The Kier molecular flexibility index (Phi) is 5.61. The van der Waals surface area contributed by atoms with E-state index in [1.807, 2.05) is 4.90 Å². The van der Waals surface area contributed by atoms with Gasteiger partial charge in [0, 0.05) is 37.4 Å². The van der Waals surface area contributed by atoms with Crippen LogP contribution in [0, 0.1) is 20.8 Å². The monoisotopic (exact) mass is 392 g/mol. The lowest BCUT2D eigenvalue weighted by Gasteiger charge is -2.42. The van der Waals surface area contributed by atoms with Crippen molar-refractivity contribution in [3.63, 3.8) is 0 Å². The summed E-state index contributed by atoms with van der Waals surface area (Å²) < 4.78 is 0. The molecule has 5 heteroatoms. The van der Waals surface area contributed by atoms with E-state index in [0.29, 0.717) is 6.04 Å². The molecule has 2 saturated heterocycles. The maximum absolute atomic E-state index is 13.1. The summed E-state index contributed by atoms with van der Waals surface area (Å²) in [6, 6.07) is 15.5. The predicted octanol–water partition coefficient (Wildman–Crippen LogP) is 3.26. The second kappa shape index (κ2) is 8.17. The summed E-state index contributed by atoms with van der Waals surface area (Å²) in [6.07, 6.45) is 0.786. The van der Waals surface area contributed by atoms with Crippen molar-refractivity contribution in [3.05, 3.63) is 64.7 Å². The average Bonchev–Trinajstić information content (AvgIpc) is 3.19. The summed E-state index contributed by atoms with van der Waals surface area (Å²) >= 11 is 0. The molecule has 154 valence electrons. The minimum absolute atomic E-state index is 0.167. The van der Waals surface area contributed by atoms with Crippen molar-refractivity contribution < 1.29 is 4.79 Å². The molecule has 4 rings (SSSR count). The van der Waals surface area contributed by atoms with Crippen LogP contribution < -0.4 is 15.8 Å². The third-order valence-electron chi connectivity index (χ3n) is 6.41. The van der Waals surface area contributed by atoms with E-state index in [9.17, 15) is 4.79 Å². The first-order valence-corrected chi connectivity index (χ1v) is 10.6. The number of amides is 1. The van der Waals surface area contributed by atoms with Gasteiger partial charge in [-0.05, 0) is 68.5 Å². The smallest absolute Gasteiger partial charge is 0.241 e. The summed E-state index contributed by atoms with van der Waals surface area (Å²) in [5, 5.41) is 0. The summed E-state index contributed by atoms with van der Waals surface area (Å²) in [7, 11) is 0. The summed E-state index contributed by atoms with van der Waals surface area (Å²) in [4.78, 5) is 17.6. The fourth-order valence-electron chi connectivity index (χ4n) is 4.49. The number of anilines is 1. The van der Waals surface area contributed by atoms with Crippen LogP contribution in [0.4, 0.5) is 5.69 Å². The molecule has 2 N–H and O–H groups in total. The second-order valence-corrected chi connectivity index (χ2v) is 8.64. The quantitative estimate of drug-likeness (QED) is 0.842. The molecule has 0 aliphatic carbocycles. The summed E-state index contributed by atoms with van der Waals surface area (Å²) in [5.41, 5.74) is 12.9. The molecule has 0 saturated carbocycles. The fourth-order valence-corrected chi connectivity index (χ4v) is 4.49. The number of nitrogens with zero attached hydrogens (tertiary/aromatic N) is 2. The van der Waals surface area contributed by atoms with Crippen LogP contribution in [0.15, 0.2) is 42.5 Å². The van der Waals surface area contributed by atoms with Gasteiger partial charge in [0.1, 0.15) is 6.04 Å². The zero-order valence-electron chi connectivity index (χ0n) is 17.9. The van der Waals surface area contributed by atoms with Gasteiger partial charge in [0.05, 0.1) is 0 Å². The van der Waals surface area contributed by atoms with Gasteiger partial charge in [0.25, 0.3) is 0 Å². The van der Waals surface area contributed by atoms with Crippen LogP contribution in [0.5, 0.6) is 0 Å². The Hall–Kier alpha value is -2.37. The third kappa shape index (κ3) is 4.16. The lowest BCUT2D eigenvalue weighted by molar-refractivity contribution is -0.134. The van der Waals surface area contributed by atoms with Crippen LogP contribution in [0.2, 0.25) is 0 Å². The van der Waals surface area contributed by atoms with Gasteiger partial charge in [-0.1, -0.05) is 30.3 Å². The number of rotatable bonds is 3. The molecule has 29 heavy (non-hydrogen) atoms. The Bertz CT molecular complexity index is 896. The number of piperazine rings is 1. The first-order chi connectivity index (χ1) is 13.9. The zero-order chi connectivity index (χ0) is 20.5. The van der Waals surface area contributed by atoms with Gasteiger partial charge >= 0.3 is 0 Å². The number of carbonyl (C=O) groups is 1. The summed E-state index contributed by atoms with van der Waals surface area (Å²) in [6.45, 7) is 11.0. The van der Waals surface area contributed by atoms with E-state index in [4.69, 9.17) is 0 Å². The van der Waals surface area contributed by atoms with Crippen molar-refractivity contribution in [3.8, 4) is 0 Å². The van der Waals surface area contributed by atoms with Crippen LogP contribution >= 0.6 is 0 Å². The Morgan fingerprint density at radius 2 is 1.83 bits per heavy atom. The molecule has 1 amide bonds. The fraction of sp³-hybridized carbons (Fsp3) is 0.458. The largest absolute Gasteiger partial charge is 0.365 e. The van der Waals surface area contributed by atoms with Crippen LogP contribution in [-0.2, 0) is 4.79 Å². The highest BCUT2D eigenvalue weighted by atomic mass is 16.2. The van der Waals surface area contributed by atoms with Gasteiger partial charge in [-0.3, -0.25) is 4.79 Å². The Labute approximate surface area is 174 Å². The van der Waals surface area contributed by atoms with Gasteiger partial charge in [0.15, 0.2) is 0 Å². The van der Waals surface area contributed by atoms with Crippen LogP contribution in [-0.4, -0.2) is 42.5 Å². The number of carbonyl (C=O) groups excluding carboxylic acids is 1. The molecule has 2 aliphatic heterocycles. The van der Waals surface area contributed by atoms with E-state index in [2.05, 4.69) is 85.9 Å². The second-order valence-electron chi connectivity index (χ2n) is 8.64. The van der Waals surface area contributed by atoms with Gasteiger partial charge in [-0.15, -0.1) is 0 Å². The molecule has 2 aromatic rings. The lowest BCUT2D eigenvalue weighted by Crippen LogP contribution is -2.57. The highest BCUT2D eigenvalue weighted by Gasteiger charge is 2.35. The van der Waals surface area contributed by atoms with E-state index in [-0.39, 0.29) is 18.0 Å². The Balaban J connectivity index is 1.37. The SMILES string of the molecule is Cc1cccc(N2CCN(C(=O)C3CC(c4ccc(C)c(C)c4)NN3)CC2C)c1. The van der Waals surface area contributed by atoms with E-state index in [1.165, 1.54) is 27.9 Å². The molecule has 2 aromatic carbocycles. The van der Waals surface area contributed by atoms with Crippen molar-refractivity contribution in [2.45, 2.75) is 52.2 Å². The molecule has 2 fully saturated rings. The Morgan fingerprint density at radius 1 is 1.00 bits per heavy atom. The normalized spacial score (nSPS) is 24.8. The molecule has 0 bridgehead atoms. The predicted molar refractivity (Wildman–Crippen MR) is 118 cm³/mol. The molecule has 3 atom stereocenters. The highest BCUT2D eigenvalue weighted by molar-refractivity contribution is 5.82. The topological polar surface area (TPSA) is 47.6 Å². The van der Waals surface area contributed by atoms with Gasteiger partial charge in [-0.25, -0.2) is 10.9 Å². The van der Waals surface area contributed by atoms with Gasteiger partial charge in [0.2, 0.25) is 5.91 Å². The van der Waals surface area contributed by atoms with Gasteiger partial charge in [-0.2, -0.15) is 0 Å². The minimum atomic E-state index is -0.167. The van der Waals surface area contributed by atoms with Crippen LogP contribution in [0.3, 0.4) is 0 Å². The molecule has 0 spiro atoms. The maximum Gasteiger partial charge on any atom is 0.241 e. The summed E-state index contributed by atoms with van der Waals surface area (Å²) in [5.74, 6) is 0.208. The first-order valence-electron chi connectivity index (χ1n) is 10.6. The average molecular weight is 393 g/mol. The molecule has 2 heterocycles. The van der Waals surface area contributed by atoms with E-state index in [0.717, 1.165) is 26.1 Å². The first kappa shape index (κ1) is 19.9. The van der Waals surface area contributed by atoms with E-state index >= 15 is 0 Å². The molecular formula is C24H32N4O. The van der Waals surface area contributed by atoms with E-state index < -0.39 is 0 Å². The van der Waals surface area contributed by atoms with Crippen molar-refractivity contribution in [2.75, 3.05) is 24.5 Å². The molecule has 0 aromatic heterocycles. The van der Waals surface area contributed by atoms with Crippen molar-refractivity contribution in [1.82, 2.24) is 15.8 Å².